The molecule has 0 aliphatic heterocycles. The summed E-state index contributed by atoms with van der Waals surface area (Å²) in [5, 5.41) is 8.25. The molecule has 0 bridgehead atoms. The molecule has 8 heteroatoms. The molecule has 0 heterocycles. The molecule has 3 aromatic rings. The number of amides is 3. The standard InChI is InChI=1S/C26H26IN3O4/c1-16-8-12-20(13-9-16)29-24(31)17(2)28-26(33)22-6-4-5-7-23(22)34-18(3)25(32)30-21-14-10-19(27)11-15-21/h4-15,17-18H,1-3H3,(H,28,33)(H,29,31)(H,30,32)/t17-,18+/m1/s1. The summed E-state index contributed by atoms with van der Waals surface area (Å²) in [6.07, 6.45) is -0.851. The molecule has 3 aromatic carbocycles. The van der Waals surface area contributed by atoms with E-state index in [1.165, 1.54) is 0 Å². The lowest BCUT2D eigenvalue weighted by Gasteiger charge is -2.18. The third-order valence-corrected chi connectivity index (χ3v) is 5.70. The first-order valence-corrected chi connectivity index (χ1v) is 11.8. The number of rotatable bonds is 8. The van der Waals surface area contributed by atoms with E-state index in [4.69, 9.17) is 4.74 Å². The zero-order valence-electron chi connectivity index (χ0n) is 19.1. The van der Waals surface area contributed by atoms with Crippen molar-refractivity contribution in [3.63, 3.8) is 0 Å². The van der Waals surface area contributed by atoms with Crippen LogP contribution in [-0.4, -0.2) is 29.9 Å². The number of carbonyl (C=O) groups is 3. The minimum Gasteiger partial charge on any atom is -0.480 e. The van der Waals surface area contributed by atoms with E-state index in [-0.39, 0.29) is 23.1 Å². The van der Waals surface area contributed by atoms with Crippen LogP contribution in [-0.2, 0) is 9.59 Å². The first kappa shape index (κ1) is 25.2. The summed E-state index contributed by atoms with van der Waals surface area (Å²) in [6, 6.07) is 20.6. The summed E-state index contributed by atoms with van der Waals surface area (Å²) in [5.74, 6) is -0.924. The molecule has 7 nitrogen and oxygen atoms in total. The van der Waals surface area contributed by atoms with Gasteiger partial charge in [0.05, 0.1) is 5.56 Å². The lowest BCUT2D eigenvalue weighted by atomic mass is 10.1. The molecule has 34 heavy (non-hydrogen) atoms. The van der Waals surface area contributed by atoms with Gasteiger partial charge in [-0.2, -0.15) is 0 Å². The van der Waals surface area contributed by atoms with Crippen LogP contribution in [0.1, 0.15) is 29.8 Å². The highest BCUT2D eigenvalue weighted by atomic mass is 127. The van der Waals surface area contributed by atoms with Crippen LogP contribution in [0.5, 0.6) is 5.75 Å². The SMILES string of the molecule is Cc1ccc(NC(=O)[C@@H](C)NC(=O)c2ccccc2O[C@@H](C)C(=O)Nc2ccc(I)cc2)cc1. The molecule has 0 saturated heterocycles. The minimum absolute atomic E-state index is 0.228. The van der Waals surface area contributed by atoms with Gasteiger partial charge in [-0.25, -0.2) is 0 Å². The van der Waals surface area contributed by atoms with Crippen molar-refractivity contribution < 1.29 is 19.1 Å². The zero-order valence-corrected chi connectivity index (χ0v) is 21.3. The van der Waals surface area contributed by atoms with Crippen molar-refractivity contribution in [3.05, 3.63) is 87.5 Å². The van der Waals surface area contributed by atoms with Gasteiger partial charge >= 0.3 is 0 Å². The van der Waals surface area contributed by atoms with Crippen molar-refractivity contribution in [3.8, 4) is 5.75 Å². The highest BCUT2D eigenvalue weighted by Crippen LogP contribution is 2.20. The first-order chi connectivity index (χ1) is 16.2. The minimum atomic E-state index is -0.851. The Kier molecular flexibility index (Phi) is 8.64. The van der Waals surface area contributed by atoms with Crippen LogP contribution in [0.15, 0.2) is 72.8 Å². The topological polar surface area (TPSA) is 96.5 Å². The van der Waals surface area contributed by atoms with E-state index in [2.05, 4.69) is 38.5 Å². The molecular weight excluding hydrogens is 545 g/mol. The molecule has 0 radical (unpaired) electrons. The van der Waals surface area contributed by atoms with Gasteiger partial charge in [-0.3, -0.25) is 14.4 Å². The second-order valence-electron chi connectivity index (χ2n) is 7.80. The molecule has 2 atom stereocenters. The van der Waals surface area contributed by atoms with Crippen LogP contribution in [0.25, 0.3) is 0 Å². The Hall–Kier alpha value is -3.40. The first-order valence-electron chi connectivity index (χ1n) is 10.7. The Labute approximate surface area is 212 Å². The molecule has 0 unspecified atom stereocenters. The molecule has 3 rings (SSSR count). The quantitative estimate of drug-likeness (QED) is 0.340. The number of ether oxygens (including phenoxy) is 1. The fourth-order valence-corrected chi connectivity index (χ4v) is 3.37. The molecule has 3 N–H and O–H groups in total. The van der Waals surface area contributed by atoms with Crippen LogP contribution in [0.4, 0.5) is 11.4 Å². The lowest BCUT2D eigenvalue weighted by molar-refractivity contribution is -0.122. The summed E-state index contributed by atoms with van der Waals surface area (Å²) in [5.41, 5.74) is 2.61. The Morgan fingerprint density at radius 3 is 2.00 bits per heavy atom. The van der Waals surface area contributed by atoms with Crippen molar-refractivity contribution >= 4 is 51.7 Å². The number of para-hydroxylation sites is 1. The van der Waals surface area contributed by atoms with Gasteiger partial charge in [-0.05, 0) is 91.9 Å². The maximum Gasteiger partial charge on any atom is 0.265 e. The maximum absolute atomic E-state index is 12.9. The predicted octanol–water partition coefficient (Wildman–Crippen LogP) is 4.76. The van der Waals surface area contributed by atoms with E-state index in [0.717, 1.165) is 9.13 Å². The summed E-state index contributed by atoms with van der Waals surface area (Å²) < 4.78 is 6.86. The van der Waals surface area contributed by atoms with Gasteiger partial charge in [0, 0.05) is 14.9 Å². The monoisotopic (exact) mass is 571 g/mol. The summed E-state index contributed by atoms with van der Waals surface area (Å²) in [7, 11) is 0. The molecule has 0 aromatic heterocycles. The Balaban J connectivity index is 1.62. The molecule has 0 spiro atoms. The van der Waals surface area contributed by atoms with Gasteiger partial charge in [-0.1, -0.05) is 29.8 Å². The molecule has 0 saturated carbocycles. The average molecular weight is 571 g/mol. The van der Waals surface area contributed by atoms with E-state index in [0.29, 0.717) is 11.4 Å². The average Bonchev–Trinajstić information content (AvgIpc) is 2.82. The third-order valence-electron chi connectivity index (χ3n) is 4.98. The van der Waals surface area contributed by atoms with Crippen molar-refractivity contribution in [2.45, 2.75) is 32.9 Å². The summed E-state index contributed by atoms with van der Waals surface area (Å²) >= 11 is 2.19. The number of hydrogen-bond acceptors (Lipinski definition) is 4. The molecule has 3 amide bonds. The summed E-state index contributed by atoms with van der Waals surface area (Å²) in [4.78, 5) is 37.9. The second kappa shape index (κ2) is 11.6. The van der Waals surface area contributed by atoms with Crippen molar-refractivity contribution in [1.29, 1.82) is 0 Å². The van der Waals surface area contributed by atoms with Crippen LogP contribution in [0.3, 0.4) is 0 Å². The van der Waals surface area contributed by atoms with Gasteiger partial charge in [0.25, 0.3) is 11.8 Å². The number of aryl methyl sites for hydroxylation is 1. The van der Waals surface area contributed by atoms with E-state index >= 15 is 0 Å². The van der Waals surface area contributed by atoms with Crippen molar-refractivity contribution in [1.82, 2.24) is 5.32 Å². The third kappa shape index (κ3) is 7.05. The Bertz CT molecular complexity index is 1160. The number of halogens is 1. The Morgan fingerprint density at radius 2 is 1.35 bits per heavy atom. The van der Waals surface area contributed by atoms with Gasteiger partial charge in [0.15, 0.2) is 6.10 Å². The van der Waals surface area contributed by atoms with E-state index < -0.39 is 18.1 Å². The van der Waals surface area contributed by atoms with Gasteiger partial charge in [0.1, 0.15) is 11.8 Å². The highest BCUT2D eigenvalue weighted by molar-refractivity contribution is 14.1. The van der Waals surface area contributed by atoms with Crippen LogP contribution in [0, 0.1) is 10.5 Å². The van der Waals surface area contributed by atoms with Crippen molar-refractivity contribution in [2.24, 2.45) is 0 Å². The second-order valence-corrected chi connectivity index (χ2v) is 9.05. The van der Waals surface area contributed by atoms with E-state index in [9.17, 15) is 14.4 Å². The molecule has 176 valence electrons. The zero-order chi connectivity index (χ0) is 24.7. The molecular formula is C26H26IN3O4. The maximum atomic E-state index is 12.9. The lowest BCUT2D eigenvalue weighted by Crippen LogP contribution is -2.41. The van der Waals surface area contributed by atoms with Crippen LogP contribution < -0.4 is 20.7 Å². The van der Waals surface area contributed by atoms with Gasteiger partial charge < -0.3 is 20.7 Å². The summed E-state index contributed by atoms with van der Waals surface area (Å²) in [6.45, 7) is 5.16. The van der Waals surface area contributed by atoms with E-state index in [1.807, 2.05) is 31.2 Å². The fourth-order valence-electron chi connectivity index (χ4n) is 3.01. The van der Waals surface area contributed by atoms with Gasteiger partial charge in [0.2, 0.25) is 5.91 Å². The predicted molar refractivity (Wildman–Crippen MR) is 141 cm³/mol. The van der Waals surface area contributed by atoms with Crippen LogP contribution >= 0.6 is 22.6 Å². The number of nitrogens with one attached hydrogen (secondary N) is 3. The highest BCUT2D eigenvalue weighted by Gasteiger charge is 2.22. The Morgan fingerprint density at radius 1 is 0.794 bits per heavy atom. The van der Waals surface area contributed by atoms with E-state index in [1.54, 1.807) is 62.4 Å². The van der Waals surface area contributed by atoms with Gasteiger partial charge in [-0.15, -0.1) is 0 Å². The number of anilines is 2. The normalized spacial score (nSPS) is 12.2. The van der Waals surface area contributed by atoms with Crippen LogP contribution in [0.2, 0.25) is 0 Å². The smallest absolute Gasteiger partial charge is 0.265 e. The number of benzene rings is 3. The molecule has 0 fully saturated rings. The largest absolute Gasteiger partial charge is 0.480 e. The molecule has 0 aliphatic carbocycles. The van der Waals surface area contributed by atoms with Crippen molar-refractivity contribution in [2.75, 3.05) is 10.6 Å². The molecule has 0 aliphatic rings. The number of carbonyl (C=O) groups excluding carboxylic acids is 3. The number of hydrogen-bond donors (Lipinski definition) is 3. The fraction of sp³-hybridized carbons (Fsp3) is 0.192.